The summed E-state index contributed by atoms with van der Waals surface area (Å²) in [6.07, 6.45) is 22.8. The number of aryl methyl sites for hydroxylation is 2. The van der Waals surface area contributed by atoms with Gasteiger partial charge in [0.1, 0.15) is 11.9 Å². The fraction of sp³-hybridized carbons (Fsp3) is 0.314. The highest BCUT2D eigenvalue weighted by Crippen LogP contribution is 2.27. The number of ketones is 1. The number of aliphatic hydroxyl groups is 1. The molecule has 9 aromatic rings. The third kappa shape index (κ3) is 14.5. The number of hydrogen-bond donors (Lipinski definition) is 2. The molecule has 396 valence electrons. The van der Waals surface area contributed by atoms with Crippen LogP contribution in [0.3, 0.4) is 0 Å². The van der Waals surface area contributed by atoms with Crippen LogP contribution in [0.5, 0.6) is 5.88 Å². The van der Waals surface area contributed by atoms with Crippen molar-refractivity contribution in [3.8, 4) is 17.3 Å². The van der Waals surface area contributed by atoms with Crippen molar-refractivity contribution in [3.05, 3.63) is 156 Å². The highest BCUT2D eigenvalue weighted by atomic mass is 35.5. The number of rotatable bonds is 7. The van der Waals surface area contributed by atoms with Gasteiger partial charge in [-0.2, -0.15) is 30.0 Å². The monoisotopic (exact) mass is 1090 g/mol. The molecule has 0 spiro atoms. The smallest absolute Gasteiger partial charge is 0.258 e. The van der Waals surface area contributed by atoms with Crippen molar-refractivity contribution in [2.75, 3.05) is 24.7 Å². The number of β-amino-alcohol motifs (C(OH)–C–C–N with tert-alkyl or cyclic N) is 1. The largest absolute Gasteiger partial charge is 0.470 e. The number of likely N-dealkylation sites (tertiary alicyclic amines) is 2. The van der Waals surface area contributed by atoms with E-state index >= 15 is 0 Å². The molecule has 0 radical (unpaired) electrons. The molecule has 2 saturated heterocycles. The van der Waals surface area contributed by atoms with E-state index in [0.717, 1.165) is 37.1 Å². The highest BCUT2D eigenvalue weighted by molar-refractivity contribution is 6.32. The van der Waals surface area contributed by atoms with Crippen LogP contribution in [0, 0.1) is 13.8 Å². The summed E-state index contributed by atoms with van der Waals surface area (Å²) in [5.74, 6) is 0.773. The first kappa shape index (κ1) is 55.8. The van der Waals surface area contributed by atoms with Gasteiger partial charge in [-0.25, -0.2) is 29.9 Å². The summed E-state index contributed by atoms with van der Waals surface area (Å²) in [6.45, 7) is 10.2. The molecule has 2 aliphatic rings. The van der Waals surface area contributed by atoms with Crippen molar-refractivity contribution in [1.29, 1.82) is 0 Å². The predicted octanol–water partition coefficient (Wildman–Crippen LogP) is 7.16. The normalized spacial score (nSPS) is 16.9. The number of imidazole rings is 2. The van der Waals surface area contributed by atoms with Gasteiger partial charge >= 0.3 is 0 Å². The van der Waals surface area contributed by atoms with Crippen LogP contribution in [0.4, 0.5) is 5.82 Å². The number of fused-ring (bicyclic) bond motifs is 2. The third-order valence-corrected chi connectivity index (χ3v) is 12.8. The van der Waals surface area contributed by atoms with Crippen molar-refractivity contribution < 1.29 is 24.2 Å². The zero-order chi connectivity index (χ0) is 54.3. The molecule has 3 N–H and O–H groups in total. The van der Waals surface area contributed by atoms with E-state index in [-0.39, 0.29) is 52.6 Å². The number of nitrogen functional groups attached to an aromatic ring is 1. The van der Waals surface area contributed by atoms with Gasteiger partial charge in [-0.3, -0.25) is 14.4 Å². The molecule has 7 aromatic heterocycles. The molecule has 22 nitrogen and oxygen atoms in total. The Bertz CT molecular complexity index is 3320. The number of aromatic nitrogens is 14. The maximum atomic E-state index is 13.5. The summed E-state index contributed by atoms with van der Waals surface area (Å²) in [6, 6.07) is 14.9. The first-order valence-corrected chi connectivity index (χ1v) is 25.3. The Balaban J connectivity index is 0.000000159. The minimum atomic E-state index is -0.444. The molecule has 2 amide bonds. The molecule has 9 heterocycles. The van der Waals surface area contributed by atoms with Crippen LogP contribution in [0.25, 0.3) is 22.7 Å². The van der Waals surface area contributed by atoms with Crippen molar-refractivity contribution in [2.24, 2.45) is 0 Å². The minimum Gasteiger partial charge on any atom is -0.470 e. The number of amides is 2. The summed E-state index contributed by atoms with van der Waals surface area (Å²) in [5, 5.41) is 27.1. The lowest BCUT2D eigenvalue weighted by Crippen LogP contribution is -2.49. The Labute approximate surface area is 452 Å². The number of nitrogens with two attached hydrogens (primary N) is 1. The molecule has 76 heavy (non-hydrogen) atoms. The topological polar surface area (TPSA) is 261 Å². The molecule has 25 heteroatoms. The van der Waals surface area contributed by atoms with Crippen molar-refractivity contribution in [3.63, 3.8) is 0 Å². The first-order chi connectivity index (χ1) is 36.6. The molecule has 0 unspecified atom stereocenters. The van der Waals surface area contributed by atoms with E-state index < -0.39 is 6.10 Å². The summed E-state index contributed by atoms with van der Waals surface area (Å²) in [7, 11) is 0. The molecule has 4 atom stereocenters. The number of benzene rings is 2. The van der Waals surface area contributed by atoms with Gasteiger partial charge in [-0.1, -0.05) is 47.5 Å². The second-order valence-corrected chi connectivity index (χ2v) is 18.6. The molecule has 0 saturated carbocycles. The number of carbonyl (C=O) groups is 3. The minimum absolute atomic E-state index is 0.0201. The second-order valence-electron chi connectivity index (χ2n) is 17.6. The number of Topliss-reactive ketones (excluding diaryl/α,β-unsaturated/α-hetero) is 1. The van der Waals surface area contributed by atoms with Gasteiger partial charge < -0.3 is 34.2 Å². The summed E-state index contributed by atoms with van der Waals surface area (Å²) in [4.78, 5) is 66.8. The molecule has 2 fully saturated rings. The number of alkyl halides is 1. The van der Waals surface area contributed by atoms with E-state index in [9.17, 15) is 19.5 Å². The average molecular weight is 1090 g/mol. The van der Waals surface area contributed by atoms with E-state index in [4.69, 9.17) is 45.3 Å². The van der Waals surface area contributed by atoms with Crippen molar-refractivity contribution in [2.45, 2.75) is 84.6 Å². The Morgan fingerprint density at radius 2 is 1.12 bits per heavy atom. The Morgan fingerprint density at radius 3 is 1.63 bits per heavy atom. The summed E-state index contributed by atoms with van der Waals surface area (Å²) in [5.41, 5.74) is 10.9. The number of piperidine rings is 2. The zero-order valence-electron chi connectivity index (χ0n) is 42.3. The van der Waals surface area contributed by atoms with Crippen molar-refractivity contribution in [1.82, 2.24) is 78.5 Å². The summed E-state index contributed by atoms with van der Waals surface area (Å²) < 4.78 is 9.98. The number of aliphatic hydroxyl groups excluding tert-OH is 1. The predicted molar refractivity (Wildman–Crippen MR) is 286 cm³/mol. The quantitative estimate of drug-likeness (QED) is 0.150. The molecular weight excluding hydrogens is 1040 g/mol. The number of carbonyl (C=O) groups excluding carboxylic acids is 3. The molecular formula is C51H56Cl3N17O5. The van der Waals surface area contributed by atoms with Gasteiger partial charge in [0.05, 0.1) is 77.2 Å². The molecule has 0 bridgehead atoms. The van der Waals surface area contributed by atoms with Gasteiger partial charge in [0.15, 0.2) is 21.8 Å². The number of halogens is 3. The summed E-state index contributed by atoms with van der Waals surface area (Å²) >= 11 is 16.2. The van der Waals surface area contributed by atoms with E-state index in [0.29, 0.717) is 57.9 Å². The van der Waals surface area contributed by atoms with Crippen LogP contribution in [-0.2, 0) is 4.79 Å². The van der Waals surface area contributed by atoms with E-state index in [1.807, 2.05) is 102 Å². The lowest BCUT2D eigenvalue weighted by atomic mass is 9.99. The fourth-order valence-electron chi connectivity index (χ4n) is 8.07. The van der Waals surface area contributed by atoms with Gasteiger partial charge in [-0.05, 0) is 84.6 Å². The van der Waals surface area contributed by atoms with E-state index in [1.54, 1.807) is 48.1 Å². The highest BCUT2D eigenvalue weighted by Gasteiger charge is 2.33. The number of para-hydroxylation sites is 2. The van der Waals surface area contributed by atoms with Gasteiger partial charge in [0.2, 0.25) is 5.65 Å². The maximum absolute atomic E-state index is 13.5. The first-order valence-electron chi connectivity index (χ1n) is 24.0. The molecule has 2 aliphatic heterocycles. The lowest BCUT2D eigenvalue weighted by molar-refractivity contribution is -0.114. The van der Waals surface area contributed by atoms with Gasteiger partial charge in [0.25, 0.3) is 17.7 Å². The molecule has 0 aliphatic carbocycles. The van der Waals surface area contributed by atoms with Crippen LogP contribution in [0.2, 0.25) is 10.3 Å². The van der Waals surface area contributed by atoms with Gasteiger partial charge in [-0.15, -0.1) is 11.6 Å². The lowest BCUT2D eigenvalue weighted by Gasteiger charge is -2.38. The zero-order valence-corrected chi connectivity index (χ0v) is 44.5. The van der Waals surface area contributed by atoms with Crippen LogP contribution >= 0.6 is 34.8 Å². The third-order valence-electron chi connectivity index (χ3n) is 11.8. The fourth-order valence-corrected chi connectivity index (χ4v) is 8.37. The van der Waals surface area contributed by atoms with Crippen LogP contribution in [0.15, 0.2) is 123 Å². The van der Waals surface area contributed by atoms with Crippen LogP contribution < -0.4 is 10.5 Å². The van der Waals surface area contributed by atoms with Crippen LogP contribution in [-0.4, -0.2) is 144 Å². The number of ether oxygens (including phenoxy) is 1. The number of hydrogen-bond acceptors (Lipinski definition) is 16. The number of anilines is 1. The Hall–Kier alpha value is -7.92. The Morgan fingerprint density at radius 1 is 0.645 bits per heavy atom. The second kappa shape index (κ2) is 26.5. The molecule has 2 aromatic carbocycles. The maximum Gasteiger partial charge on any atom is 0.258 e. The van der Waals surface area contributed by atoms with Crippen LogP contribution in [0.1, 0.15) is 78.6 Å². The van der Waals surface area contributed by atoms with Crippen molar-refractivity contribution >= 4 is 69.5 Å². The standard InChI is InChI=1S/C22H23N7O2.C15H18N4O2.C7H6ClN3.C4H4ClN3.C3H5ClO/c1-15-13-27-12-11-23-21(20(27)26-15)31-17-8-7-16(2)28(14-17)22(30)18-5-3-4-6-19(18)29-24-9-10-25-29;1-11-6-7-12(20)10-18(11)15(21)13-4-2-3-5-14(13)19-16-8-9-17-19;1-5-4-11-3-2-9-6(8)7(11)10-5;5-3-4(6)8-2-1-7-3;1-3(5)2-4/h3-6,9-13,16-17H,7-8,14H2,1-2H3;2-5,8-9,11-12,20H,6-7,10H2,1H3;2-4H,1H3;1-2H,(H2,6,8);2H2,1H3/t16-,17-;11-,12-;;;/m11.../s1. The molecule has 11 rings (SSSR count). The van der Waals surface area contributed by atoms with E-state index in [2.05, 4.69) is 57.2 Å². The Kier molecular flexibility index (Phi) is 19.5. The number of nitrogens with zero attached hydrogens (tertiary/aromatic N) is 16. The van der Waals surface area contributed by atoms with E-state index in [1.165, 1.54) is 28.9 Å². The average Bonchev–Trinajstić information content (AvgIpc) is 4.29. The van der Waals surface area contributed by atoms with Gasteiger partial charge in [0, 0.05) is 68.2 Å². The SMILES string of the molecule is CC(=O)CCl.C[C@@H]1CC[C@@H](O)CN1C(=O)c1ccccc1-n1nccn1.Cc1cn2ccnc(Cl)c2n1.Cc1cn2ccnc(O[C@@H]3CC[C@@H](C)N(C(=O)c4ccccc4-n4nccn4)C3)c2n1.Nc1nccnc1Cl.